The van der Waals surface area contributed by atoms with Gasteiger partial charge in [-0.3, -0.25) is 0 Å². The molecule has 0 N–H and O–H groups in total. The van der Waals surface area contributed by atoms with Gasteiger partial charge in [-0.05, 0) is 52.1 Å². The van der Waals surface area contributed by atoms with Crippen LogP contribution >= 0.6 is 0 Å². The van der Waals surface area contributed by atoms with Crippen molar-refractivity contribution >= 4 is 7.12 Å². The van der Waals surface area contributed by atoms with Crippen LogP contribution in [-0.2, 0) is 9.31 Å². The molecule has 1 aliphatic rings. The first-order valence-electron chi connectivity index (χ1n) is 8.37. The summed E-state index contributed by atoms with van der Waals surface area (Å²) in [5, 5.41) is 0. The SMILES string of the molecule is CCCCC#C/C=C(/CCCC)B1OC(C)(C)C(C)(C)O1. The number of hydrogen-bond donors (Lipinski definition) is 0. The highest BCUT2D eigenvalue weighted by Crippen LogP contribution is 2.39. The molecule has 0 radical (unpaired) electrons. The van der Waals surface area contributed by atoms with E-state index in [0.29, 0.717) is 0 Å². The zero-order chi connectivity index (χ0) is 15.9. The molecular formula is C18H31BO2. The number of allylic oxidation sites excluding steroid dienone is 2. The minimum absolute atomic E-state index is 0.248. The van der Waals surface area contributed by atoms with E-state index in [9.17, 15) is 0 Å². The quantitative estimate of drug-likeness (QED) is 0.392. The molecule has 118 valence electrons. The summed E-state index contributed by atoms with van der Waals surface area (Å²) in [6.07, 6.45) is 8.66. The van der Waals surface area contributed by atoms with Gasteiger partial charge >= 0.3 is 7.12 Å². The smallest absolute Gasteiger partial charge is 0.400 e. The predicted octanol–water partition coefficient (Wildman–Crippen LogP) is 4.93. The Hall–Kier alpha value is -0.715. The molecule has 1 rings (SSSR count). The lowest BCUT2D eigenvalue weighted by molar-refractivity contribution is 0.00578. The second kappa shape index (κ2) is 8.06. The summed E-state index contributed by atoms with van der Waals surface area (Å²) >= 11 is 0. The van der Waals surface area contributed by atoms with Crippen molar-refractivity contribution in [3.63, 3.8) is 0 Å². The van der Waals surface area contributed by atoms with Crippen LogP contribution in [0.5, 0.6) is 0 Å². The van der Waals surface area contributed by atoms with E-state index in [1.807, 2.05) is 6.08 Å². The van der Waals surface area contributed by atoms with Gasteiger partial charge in [0.15, 0.2) is 0 Å². The molecule has 2 nitrogen and oxygen atoms in total. The van der Waals surface area contributed by atoms with Gasteiger partial charge in [0, 0.05) is 6.42 Å². The van der Waals surface area contributed by atoms with Gasteiger partial charge in [0.25, 0.3) is 0 Å². The Morgan fingerprint density at radius 1 is 1.00 bits per heavy atom. The highest BCUT2D eigenvalue weighted by molar-refractivity contribution is 6.54. The van der Waals surface area contributed by atoms with Crippen LogP contribution < -0.4 is 0 Å². The van der Waals surface area contributed by atoms with Crippen LogP contribution in [0.15, 0.2) is 11.5 Å². The van der Waals surface area contributed by atoms with Gasteiger partial charge in [0.1, 0.15) is 0 Å². The van der Waals surface area contributed by atoms with Gasteiger partial charge in [0.05, 0.1) is 11.2 Å². The summed E-state index contributed by atoms with van der Waals surface area (Å²) in [4.78, 5) is 0. The largest absolute Gasteiger partial charge is 0.491 e. The van der Waals surface area contributed by atoms with Crippen molar-refractivity contribution in [3.8, 4) is 11.8 Å². The Morgan fingerprint density at radius 2 is 1.57 bits per heavy atom. The molecular weight excluding hydrogens is 259 g/mol. The van der Waals surface area contributed by atoms with Crippen LogP contribution in [0.1, 0.15) is 80.1 Å². The fraction of sp³-hybridized carbons (Fsp3) is 0.778. The van der Waals surface area contributed by atoms with E-state index in [2.05, 4.69) is 53.4 Å². The minimum atomic E-state index is -0.279. The lowest BCUT2D eigenvalue weighted by Gasteiger charge is -2.32. The van der Waals surface area contributed by atoms with Crippen LogP contribution in [0.3, 0.4) is 0 Å². The molecule has 0 aromatic rings. The highest BCUT2D eigenvalue weighted by atomic mass is 16.7. The number of hydrogen-bond acceptors (Lipinski definition) is 2. The van der Waals surface area contributed by atoms with Crippen molar-refractivity contribution in [2.45, 2.75) is 91.3 Å². The summed E-state index contributed by atoms with van der Waals surface area (Å²) in [7, 11) is -0.248. The van der Waals surface area contributed by atoms with E-state index in [-0.39, 0.29) is 18.3 Å². The molecule has 0 aromatic carbocycles. The fourth-order valence-electron chi connectivity index (χ4n) is 2.11. The highest BCUT2D eigenvalue weighted by Gasteiger charge is 2.52. The van der Waals surface area contributed by atoms with E-state index in [0.717, 1.165) is 19.3 Å². The molecule has 0 atom stereocenters. The van der Waals surface area contributed by atoms with Gasteiger partial charge < -0.3 is 9.31 Å². The van der Waals surface area contributed by atoms with Crippen LogP contribution in [-0.4, -0.2) is 18.3 Å². The van der Waals surface area contributed by atoms with Gasteiger partial charge in [-0.1, -0.05) is 45.0 Å². The molecule has 3 heteroatoms. The van der Waals surface area contributed by atoms with E-state index < -0.39 is 0 Å². The van der Waals surface area contributed by atoms with Crippen LogP contribution in [0.25, 0.3) is 0 Å². The second-order valence-corrected chi connectivity index (χ2v) is 6.84. The Bertz CT molecular complexity index is 397. The van der Waals surface area contributed by atoms with Gasteiger partial charge in [-0.25, -0.2) is 0 Å². The third kappa shape index (κ3) is 5.20. The fourth-order valence-corrected chi connectivity index (χ4v) is 2.11. The summed E-state index contributed by atoms with van der Waals surface area (Å²) < 4.78 is 12.3. The average molecular weight is 290 g/mol. The lowest BCUT2D eigenvalue weighted by Crippen LogP contribution is -2.41. The summed E-state index contributed by atoms with van der Waals surface area (Å²) in [5.74, 6) is 6.41. The first-order valence-corrected chi connectivity index (χ1v) is 8.37. The van der Waals surface area contributed by atoms with E-state index >= 15 is 0 Å². The third-order valence-corrected chi connectivity index (χ3v) is 4.39. The second-order valence-electron chi connectivity index (χ2n) is 6.84. The third-order valence-electron chi connectivity index (χ3n) is 4.39. The van der Waals surface area contributed by atoms with Crippen molar-refractivity contribution < 1.29 is 9.31 Å². The van der Waals surface area contributed by atoms with Crippen molar-refractivity contribution in [2.24, 2.45) is 0 Å². The van der Waals surface area contributed by atoms with Gasteiger partial charge in [-0.15, -0.1) is 0 Å². The molecule has 0 amide bonds. The van der Waals surface area contributed by atoms with E-state index in [1.165, 1.54) is 24.7 Å². The Balaban J connectivity index is 2.78. The zero-order valence-corrected chi connectivity index (χ0v) is 14.7. The molecule has 0 bridgehead atoms. The Morgan fingerprint density at radius 3 is 2.10 bits per heavy atom. The monoisotopic (exact) mass is 290 g/mol. The molecule has 0 unspecified atom stereocenters. The maximum absolute atomic E-state index is 6.14. The first kappa shape index (κ1) is 18.3. The number of unbranched alkanes of at least 4 members (excludes halogenated alkanes) is 3. The topological polar surface area (TPSA) is 18.5 Å². The molecule has 0 saturated carbocycles. The van der Waals surface area contributed by atoms with Gasteiger partial charge in [0.2, 0.25) is 0 Å². The van der Waals surface area contributed by atoms with Crippen LogP contribution in [0.2, 0.25) is 0 Å². The van der Waals surface area contributed by atoms with Crippen molar-refractivity contribution in [1.29, 1.82) is 0 Å². The molecule has 0 spiro atoms. The molecule has 0 aliphatic carbocycles. The molecule has 1 aliphatic heterocycles. The normalized spacial score (nSPS) is 20.3. The Labute approximate surface area is 131 Å². The van der Waals surface area contributed by atoms with Crippen molar-refractivity contribution in [2.75, 3.05) is 0 Å². The van der Waals surface area contributed by atoms with E-state index in [4.69, 9.17) is 9.31 Å². The van der Waals surface area contributed by atoms with Crippen LogP contribution in [0, 0.1) is 11.8 Å². The van der Waals surface area contributed by atoms with Gasteiger partial charge in [-0.2, -0.15) is 0 Å². The molecule has 0 aromatic heterocycles. The lowest BCUT2D eigenvalue weighted by atomic mass is 9.75. The molecule has 1 saturated heterocycles. The molecule has 1 heterocycles. The molecule has 21 heavy (non-hydrogen) atoms. The maximum atomic E-state index is 6.14. The average Bonchev–Trinajstić information content (AvgIpc) is 2.61. The minimum Gasteiger partial charge on any atom is -0.400 e. The van der Waals surface area contributed by atoms with Crippen LogP contribution in [0.4, 0.5) is 0 Å². The maximum Gasteiger partial charge on any atom is 0.491 e. The number of rotatable bonds is 6. The summed E-state index contributed by atoms with van der Waals surface area (Å²) in [6.45, 7) is 12.8. The standard InChI is InChI=1S/C18H31BO2/c1-7-9-11-12-13-15-16(14-10-8-2)19-20-17(3,4)18(5,6)21-19/h15H,7-11,14H2,1-6H3/b16-15-. The Kier molecular flexibility index (Phi) is 7.04. The van der Waals surface area contributed by atoms with Crippen molar-refractivity contribution in [1.82, 2.24) is 0 Å². The zero-order valence-electron chi connectivity index (χ0n) is 14.7. The van der Waals surface area contributed by atoms with E-state index in [1.54, 1.807) is 0 Å². The predicted molar refractivity (Wildman–Crippen MR) is 91.0 cm³/mol. The first-order chi connectivity index (χ1) is 9.84. The summed E-state index contributed by atoms with van der Waals surface area (Å²) in [5.41, 5.74) is 0.622. The van der Waals surface area contributed by atoms with Crippen molar-refractivity contribution in [3.05, 3.63) is 11.5 Å². The molecule has 1 fully saturated rings. The summed E-state index contributed by atoms with van der Waals surface area (Å²) in [6, 6.07) is 0.